The van der Waals surface area contributed by atoms with Gasteiger partial charge >= 0.3 is 6.09 Å². The number of amides is 1. The number of rotatable bonds is 0. The molecule has 0 aromatic rings. The Bertz CT molecular complexity index is 281. The van der Waals surface area contributed by atoms with Crippen molar-refractivity contribution in [3.63, 3.8) is 0 Å². The Kier molecular flexibility index (Phi) is 4.15. The third-order valence-corrected chi connectivity index (χ3v) is 2.36. The van der Waals surface area contributed by atoms with Crippen molar-refractivity contribution in [2.45, 2.75) is 45.6 Å². The van der Waals surface area contributed by atoms with E-state index in [1.54, 1.807) is 4.90 Å². The molecule has 0 aromatic carbocycles. The number of hydrogen-bond donors (Lipinski definition) is 1. The van der Waals surface area contributed by atoms with E-state index in [4.69, 9.17) is 9.94 Å². The Labute approximate surface area is 96.1 Å². The summed E-state index contributed by atoms with van der Waals surface area (Å²) in [6, 6.07) is 0. The van der Waals surface area contributed by atoms with Gasteiger partial charge in [0, 0.05) is 19.5 Å². The van der Waals surface area contributed by atoms with Crippen molar-refractivity contribution in [1.82, 2.24) is 4.90 Å². The number of oxime groups is 1. The molecule has 1 N–H and O–H groups in total. The normalized spacial score (nSPS) is 20.7. The van der Waals surface area contributed by atoms with E-state index in [1.807, 2.05) is 20.8 Å². The number of ether oxygens (including phenoxy) is 1. The highest BCUT2D eigenvalue weighted by Crippen LogP contribution is 2.14. The Morgan fingerprint density at radius 3 is 2.62 bits per heavy atom. The standard InChI is InChI=1S/C11H20N2O3/c1-11(2,3)16-10(14)13-7-4-5-9(12-15)6-8-13/h15H,4-8H2,1-3H3/b12-9-. The molecular weight excluding hydrogens is 208 g/mol. The van der Waals surface area contributed by atoms with E-state index in [0.29, 0.717) is 19.5 Å². The van der Waals surface area contributed by atoms with Crippen LogP contribution in [0.4, 0.5) is 4.79 Å². The van der Waals surface area contributed by atoms with Crippen LogP contribution >= 0.6 is 0 Å². The van der Waals surface area contributed by atoms with Crippen LogP contribution in [0.15, 0.2) is 5.16 Å². The first-order chi connectivity index (χ1) is 7.42. The van der Waals surface area contributed by atoms with E-state index in [-0.39, 0.29) is 6.09 Å². The fourth-order valence-electron chi connectivity index (χ4n) is 1.58. The summed E-state index contributed by atoms with van der Waals surface area (Å²) in [6.45, 7) is 6.78. The maximum absolute atomic E-state index is 11.8. The highest BCUT2D eigenvalue weighted by molar-refractivity contribution is 5.85. The van der Waals surface area contributed by atoms with Crippen molar-refractivity contribution in [3.05, 3.63) is 0 Å². The maximum Gasteiger partial charge on any atom is 0.410 e. The first-order valence-electron chi connectivity index (χ1n) is 5.60. The SMILES string of the molecule is CC(C)(C)OC(=O)N1CCC/C(=N/O)CC1. The van der Waals surface area contributed by atoms with E-state index < -0.39 is 5.60 Å². The molecule has 0 spiro atoms. The first kappa shape index (κ1) is 12.8. The number of nitrogens with zero attached hydrogens (tertiary/aromatic N) is 2. The van der Waals surface area contributed by atoms with Gasteiger partial charge in [-0.15, -0.1) is 0 Å². The molecule has 0 radical (unpaired) electrons. The highest BCUT2D eigenvalue weighted by Gasteiger charge is 2.23. The van der Waals surface area contributed by atoms with Gasteiger partial charge in [-0.25, -0.2) is 4.79 Å². The summed E-state index contributed by atoms with van der Waals surface area (Å²) in [5.74, 6) is 0. The number of carbonyl (C=O) groups is 1. The zero-order chi connectivity index (χ0) is 12.2. The number of likely N-dealkylation sites (tertiary alicyclic amines) is 1. The van der Waals surface area contributed by atoms with E-state index in [0.717, 1.165) is 18.6 Å². The van der Waals surface area contributed by atoms with Crippen LogP contribution in [0.5, 0.6) is 0 Å². The summed E-state index contributed by atoms with van der Waals surface area (Å²) in [6.07, 6.45) is 1.90. The average molecular weight is 228 g/mol. The zero-order valence-electron chi connectivity index (χ0n) is 10.2. The molecule has 5 nitrogen and oxygen atoms in total. The second-order valence-corrected chi connectivity index (χ2v) is 4.99. The quantitative estimate of drug-likeness (QED) is 0.511. The second-order valence-electron chi connectivity index (χ2n) is 4.99. The minimum atomic E-state index is -0.461. The summed E-state index contributed by atoms with van der Waals surface area (Å²) < 4.78 is 5.29. The van der Waals surface area contributed by atoms with Crippen LogP contribution in [0.3, 0.4) is 0 Å². The second kappa shape index (κ2) is 5.18. The largest absolute Gasteiger partial charge is 0.444 e. The molecule has 1 heterocycles. The zero-order valence-corrected chi connectivity index (χ0v) is 10.2. The van der Waals surface area contributed by atoms with Crippen LogP contribution in [-0.4, -0.2) is 40.6 Å². The summed E-state index contributed by atoms with van der Waals surface area (Å²) in [7, 11) is 0. The third-order valence-electron chi connectivity index (χ3n) is 2.36. The van der Waals surface area contributed by atoms with Crippen LogP contribution < -0.4 is 0 Å². The molecule has 0 aromatic heterocycles. The molecule has 0 unspecified atom stereocenters. The van der Waals surface area contributed by atoms with Crippen LogP contribution in [0.1, 0.15) is 40.0 Å². The van der Waals surface area contributed by atoms with Crippen LogP contribution in [0, 0.1) is 0 Å². The van der Waals surface area contributed by atoms with Gasteiger partial charge in [-0.2, -0.15) is 0 Å². The van der Waals surface area contributed by atoms with Crippen molar-refractivity contribution < 1.29 is 14.7 Å². The summed E-state index contributed by atoms with van der Waals surface area (Å²) in [5, 5.41) is 11.9. The molecule has 92 valence electrons. The molecule has 16 heavy (non-hydrogen) atoms. The third kappa shape index (κ3) is 4.08. The fraction of sp³-hybridized carbons (Fsp3) is 0.818. The molecule has 1 aliphatic heterocycles. The lowest BCUT2D eigenvalue weighted by Gasteiger charge is -2.26. The van der Waals surface area contributed by atoms with Crippen molar-refractivity contribution in [1.29, 1.82) is 0 Å². The summed E-state index contributed by atoms with van der Waals surface area (Å²) in [5.41, 5.74) is 0.295. The molecule has 0 saturated carbocycles. The lowest BCUT2D eigenvalue weighted by Crippen LogP contribution is -2.37. The van der Waals surface area contributed by atoms with Crippen LogP contribution in [0.25, 0.3) is 0 Å². The van der Waals surface area contributed by atoms with E-state index in [1.165, 1.54) is 0 Å². The van der Waals surface area contributed by atoms with Crippen LogP contribution in [-0.2, 0) is 4.74 Å². The lowest BCUT2D eigenvalue weighted by molar-refractivity contribution is 0.0259. The van der Waals surface area contributed by atoms with Gasteiger partial charge < -0.3 is 14.8 Å². The lowest BCUT2D eigenvalue weighted by atomic mass is 10.2. The van der Waals surface area contributed by atoms with Crippen LogP contribution in [0.2, 0.25) is 0 Å². The van der Waals surface area contributed by atoms with Gasteiger partial charge in [0.05, 0.1) is 5.71 Å². The van der Waals surface area contributed by atoms with Gasteiger partial charge in [-0.1, -0.05) is 5.16 Å². The topological polar surface area (TPSA) is 62.1 Å². The highest BCUT2D eigenvalue weighted by atomic mass is 16.6. The number of hydrogen-bond acceptors (Lipinski definition) is 4. The molecular formula is C11H20N2O3. The molecule has 1 rings (SSSR count). The Morgan fingerprint density at radius 2 is 2.06 bits per heavy atom. The van der Waals surface area contributed by atoms with E-state index in [9.17, 15) is 4.79 Å². The summed E-state index contributed by atoms with van der Waals surface area (Å²) in [4.78, 5) is 13.4. The van der Waals surface area contributed by atoms with Crippen molar-refractivity contribution in [2.24, 2.45) is 5.16 Å². The molecule has 5 heteroatoms. The minimum absolute atomic E-state index is 0.285. The van der Waals surface area contributed by atoms with Crippen molar-refractivity contribution in [2.75, 3.05) is 13.1 Å². The van der Waals surface area contributed by atoms with E-state index >= 15 is 0 Å². The molecule has 0 aliphatic carbocycles. The monoisotopic (exact) mass is 228 g/mol. The Hall–Kier alpha value is -1.26. The minimum Gasteiger partial charge on any atom is -0.444 e. The molecule has 1 aliphatic rings. The maximum atomic E-state index is 11.8. The van der Waals surface area contributed by atoms with Gasteiger partial charge in [-0.3, -0.25) is 0 Å². The van der Waals surface area contributed by atoms with Gasteiger partial charge in [0.1, 0.15) is 5.60 Å². The average Bonchev–Trinajstić information content (AvgIpc) is 2.39. The van der Waals surface area contributed by atoms with Gasteiger partial charge in [-0.05, 0) is 33.6 Å². The van der Waals surface area contributed by atoms with Crippen molar-refractivity contribution >= 4 is 11.8 Å². The van der Waals surface area contributed by atoms with Crippen molar-refractivity contribution in [3.8, 4) is 0 Å². The first-order valence-corrected chi connectivity index (χ1v) is 5.60. The predicted octanol–water partition coefficient (Wildman–Crippen LogP) is 2.24. The molecule has 1 amide bonds. The number of carbonyl (C=O) groups excluding carboxylic acids is 1. The van der Waals surface area contributed by atoms with Gasteiger partial charge in [0.2, 0.25) is 0 Å². The van der Waals surface area contributed by atoms with Gasteiger partial charge in [0.25, 0.3) is 0 Å². The molecule has 0 bridgehead atoms. The summed E-state index contributed by atoms with van der Waals surface area (Å²) >= 11 is 0. The Morgan fingerprint density at radius 1 is 1.38 bits per heavy atom. The van der Waals surface area contributed by atoms with Gasteiger partial charge in [0.15, 0.2) is 0 Å². The molecule has 1 fully saturated rings. The Balaban J connectivity index is 2.51. The molecule has 1 saturated heterocycles. The fourth-order valence-corrected chi connectivity index (χ4v) is 1.58. The molecule has 0 atom stereocenters. The predicted molar refractivity (Wildman–Crippen MR) is 60.9 cm³/mol. The smallest absolute Gasteiger partial charge is 0.410 e. The van der Waals surface area contributed by atoms with E-state index in [2.05, 4.69) is 5.16 Å².